The second kappa shape index (κ2) is 7.62. The van der Waals surface area contributed by atoms with Gasteiger partial charge in [0.2, 0.25) is 0 Å². The number of benzene rings is 2. The molecule has 25 heavy (non-hydrogen) atoms. The van der Waals surface area contributed by atoms with Crippen LogP contribution in [0.15, 0.2) is 42.5 Å². The summed E-state index contributed by atoms with van der Waals surface area (Å²) >= 11 is 6.12. The highest BCUT2D eigenvalue weighted by molar-refractivity contribution is 6.31. The van der Waals surface area contributed by atoms with E-state index in [2.05, 4.69) is 29.1 Å². The van der Waals surface area contributed by atoms with Gasteiger partial charge in [0.05, 0.1) is 22.4 Å². The Bertz CT molecular complexity index is 924. The van der Waals surface area contributed by atoms with E-state index in [1.807, 2.05) is 30.3 Å². The zero-order valence-corrected chi connectivity index (χ0v) is 15.1. The van der Waals surface area contributed by atoms with E-state index in [0.717, 1.165) is 40.8 Å². The first kappa shape index (κ1) is 17.4. The van der Waals surface area contributed by atoms with Gasteiger partial charge < -0.3 is 5.32 Å². The highest BCUT2D eigenvalue weighted by Crippen LogP contribution is 2.17. The van der Waals surface area contributed by atoms with Gasteiger partial charge in [-0.25, -0.2) is 9.97 Å². The molecule has 1 amide bonds. The molecule has 1 aromatic heterocycles. The molecule has 0 saturated heterocycles. The van der Waals surface area contributed by atoms with Gasteiger partial charge in [-0.1, -0.05) is 43.6 Å². The molecule has 0 aliphatic carbocycles. The number of aromatic nitrogens is 2. The van der Waals surface area contributed by atoms with E-state index in [1.165, 1.54) is 0 Å². The second-order valence-corrected chi connectivity index (χ2v) is 6.21. The summed E-state index contributed by atoms with van der Waals surface area (Å²) in [5.74, 6) is -0.152. The molecule has 4 nitrogen and oxygen atoms in total. The van der Waals surface area contributed by atoms with Crippen molar-refractivity contribution in [3.05, 3.63) is 70.0 Å². The first-order chi connectivity index (χ1) is 12.1. The number of amides is 1. The molecule has 1 N–H and O–H groups in total. The minimum absolute atomic E-state index is 0.152. The number of carbonyl (C=O) groups excluding carboxylic acids is 1. The molecular formula is C20H20ClN3O. The topological polar surface area (TPSA) is 54.9 Å². The molecule has 0 bridgehead atoms. The van der Waals surface area contributed by atoms with Crippen molar-refractivity contribution in [1.82, 2.24) is 15.3 Å². The third-order valence-electron chi connectivity index (χ3n) is 4.15. The average molecular weight is 354 g/mol. The molecule has 0 atom stereocenters. The van der Waals surface area contributed by atoms with Gasteiger partial charge in [-0.2, -0.15) is 0 Å². The van der Waals surface area contributed by atoms with E-state index >= 15 is 0 Å². The summed E-state index contributed by atoms with van der Waals surface area (Å²) in [5, 5.41) is 3.55. The molecule has 3 aromatic rings. The molecule has 128 valence electrons. The Labute approximate surface area is 152 Å². The molecule has 2 aromatic carbocycles. The van der Waals surface area contributed by atoms with Gasteiger partial charge in [0.1, 0.15) is 0 Å². The van der Waals surface area contributed by atoms with Gasteiger partial charge >= 0.3 is 0 Å². The third kappa shape index (κ3) is 3.80. The van der Waals surface area contributed by atoms with Crippen LogP contribution >= 0.6 is 11.6 Å². The second-order valence-electron chi connectivity index (χ2n) is 5.80. The quantitative estimate of drug-likeness (QED) is 0.742. The third-order valence-corrected chi connectivity index (χ3v) is 4.52. The summed E-state index contributed by atoms with van der Waals surface area (Å²) in [6, 6.07) is 12.9. The van der Waals surface area contributed by atoms with Crippen LogP contribution in [0.3, 0.4) is 0 Å². The number of rotatable bonds is 5. The molecule has 0 radical (unpaired) electrons. The molecule has 3 rings (SSSR count). The van der Waals surface area contributed by atoms with E-state index in [4.69, 9.17) is 11.6 Å². The van der Waals surface area contributed by atoms with Crippen LogP contribution in [0.4, 0.5) is 0 Å². The van der Waals surface area contributed by atoms with Crippen molar-refractivity contribution in [2.24, 2.45) is 0 Å². The molecule has 0 saturated carbocycles. The molecular weight excluding hydrogens is 334 g/mol. The predicted molar refractivity (Wildman–Crippen MR) is 101 cm³/mol. The van der Waals surface area contributed by atoms with Crippen molar-refractivity contribution >= 4 is 28.5 Å². The Kier molecular flexibility index (Phi) is 5.29. The summed E-state index contributed by atoms with van der Waals surface area (Å²) in [4.78, 5) is 21.8. The van der Waals surface area contributed by atoms with Gasteiger partial charge in [0.15, 0.2) is 0 Å². The summed E-state index contributed by atoms with van der Waals surface area (Å²) in [6.07, 6.45) is 1.68. The molecule has 5 heteroatoms. The van der Waals surface area contributed by atoms with Crippen LogP contribution in [0.5, 0.6) is 0 Å². The van der Waals surface area contributed by atoms with Crippen molar-refractivity contribution in [2.75, 3.05) is 0 Å². The van der Waals surface area contributed by atoms with Crippen molar-refractivity contribution in [3.8, 4) is 0 Å². The fraction of sp³-hybridized carbons (Fsp3) is 0.250. The number of hydrogen-bond donors (Lipinski definition) is 1. The SMILES string of the molecule is CCc1nc2ccc(C(=O)NCc3ccccc3Cl)cc2nc1CC. The fourth-order valence-electron chi connectivity index (χ4n) is 2.75. The summed E-state index contributed by atoms with van der Waals surface area (Å²) in [6.45, 7) is 4.53. The fourth-order valence-corrected chi connectivity index (χ4v) is 2.96. The Morgan fingerprint density at radius 2 is 1.68 bits per heavy atom. The lowest BCUT2D eigenvalue weighted by molar-refractivity contribution is 0.0951. The van der Waals surface area contributed by atoms with E-state index < -0.39 is 0 Å². The molecule has 0 spiro atoms. The van der Waals surface area contributed by atoms with Crippen LogP contribution in [0, 0.1) is 0 Å². The minimum atomic E-state index is -0.152. The average Bonchev–Trinajstić information content (AvgIpc) is 2.65. The van der Waals surface area contributed by atoms with E-state index in [0.29, 0.717) is 17.1 Å². The minimum Gasteiger partial charge on any atom is -0.348 e. The van der Waals surface area contributed by atoms with Crippen molar-refractivity contribution < 1.29 is 4.79 Å². The Hall–Kier alpha value is -2.46. The molecule has 0 unspecified atom stereocenters. The Morgan fingerprint density at radius 1 is 1.00 bits per heavy atom. The maximum absolute atomic E-state index is 12.4. The number of hydrogen-bond acceptors (Lipinski definition) is 3. The highest BCUT2D eigenvalue weighted by Gasteiger charge is 2.11. The Balaban J connectivity index is 1.83. The van der Waals surface area contributed by atoms with Crippen LogP contribution in [0.25, 0.3) is 11.0 Å². The number of carbonyl (C=O) groups is 1. The lowest BCUT2D eigenvalue weighted by atomic mass is 10.1. The summed E-state index contributed by atoms with van der Waals surface area (Å²) < 4.78 is 0. The van der Waals surface area contributed by atoms with Gasteiger partial charge in [-0.05, 0) is 42.7 Å². The predicted octanol–water partition coefficient (Wildman–Crippen LogP) is 4.34. The van der Waals surface area contributed by atoms with Gasteiger partial charge in [-0.15, -0.1) is 0 Å². The zero-order chi connectivity index (χ0) is 17.8. The van der Waals surface area contributed by atoms with Gasteiger partial charge in [0.25, 0.3) is 5.91 Å². The van der Waals surface area contributed by atoms with Crippen molar-refractivity contribution in [2.45, 2.75) is 33.2 Å². The summed E-state index contributed by atoms with van der Waals surface area (Å²) in [7, 11) is 0. The van der Waals surface area contributed by atoms with Crippen LogP contribution in [0.1, 0.15) is 41.2 Å². The molecule has 1 heterocycles. The van der Waals surface area contributed by atoms with E-state index in [-0.39, 0.29) is 5.91 Å². The number of fused-ring (bicyclic) bond motifs is 1. The standard InChI is InChI=1S/C20H20ClN3O/c1-3-16-17(4-2)24-19-11-13(9-10-18(19)23-16)20(25)22-12-14-7-5-6-8-15(14)21/h5-11H,3-4,12H2,1-2H3,(H,22,25). The highest BCUT2D eigenvalue weighted by atomic mass is 35.5. The molecule has 0 fully saturated rings. The monoisotopic (exact) mass is 353 g/mol. The normalized spacial score (nSPS) is 10.8. The number of halogens is 1. The molecule has 0 aliphatic heterocycles. The van der Waals surface area contributed by atoms with Crippen molar-refractivity contribution in [3.63, 3.8) is 0 Å². The lowest BCUT2D eigenvalue weighted by Crippen LogP contribution is -2.23. The first-order valence-corrected chi connectivity index (χ1v) is 8.81. The van der Waals surface area contributed by atoms with Crippen LogP contribution < -0.4 is 5.32 Å². The number of aryl methyl sites for hydroxylation is 2. The van der Waals surface area contributed by atoms with Crippen LogP contribution in [-0.4, -0.2) is 15.9 Å². The smallest absolute Gasteiger partial charge is 0.251 e. The maximum Gasteiger partial charge on any atom is 0.251 e. The lowest BCUT2D eigenvalue weighted by Gasteiger charge is -2.09. The van der Waals surface area contributed by atoms with E-state index in [1.54, 1.807) is 12.1 Å². The van der Waals surface area contributed by atoms with Gasteiger partial charge in [0, 0.05) is 17.1 Å². The first-order valence-electron chi connectivity index (χ1n) is 8.43. The Morgan fingerprint density at radius 3 is 2.36 bits per heavy atom. The number of nitrogens with zero attached hydrogens (tertiary/aromatic N) is 2. The van der Waals surface area contributed by atoms with Crippen LogP contribution in [-0.2, 0) is 19.4 Å². The number of nitrogens with one attached hydrogen (secondary N) is 1. The maximum atomic E-state index is 12.4. The van der Waals surface area contributed by atoms with Crippen LogP contribution in [0.2, 0.25) is 5.02 Å². The zero-order valence-electron chi connectivity index (χ0n) is 14.3. The van der Waals surface area contributed by atoms with Gasteiger partial charge in [-0.3, -0.25) is 4.79 Å². The summed E-state index contributed by atoms with van der Waals surface area (Å²) in [5.41, 5.74) is 5.03. The largest absolute Gasteiger partial charge is 0.348 e. The van der Waals surface area contributed by atoms with E-state index in [9.17, 15) is 4.79 Å². The van der Waals surface area contributed by atoms with Crippen molar-refractivity contribution in [1.29, 1.82) is 0 Å². The molecule has 0 aliphatic rings.